The zero-order chi connectivity index (χ0) is 22.8. The molecule has 1 fully saturated rings. The Morgan fingerprint density at radius 3 is 2.42 bits per heavy atom. The maximum atomic E-state index is 13.2. The van der Waals surface area contributed by atoms with Crippen molar-refractivity contribution in [1.82, 2.24) is 14.3 Å². The van der Waals surface area contributed by atoms with Crippen molar-refractivity contribution < 1.29 is 13.2 Å². The molecule has 1 aromatic heterocycles. The Labute approximate surface area is 197 Å². The molecule has 7 nitrogen and oxygen atoms in total. The van der Waals surface area contributed by atoms with Gasteiger partial charge in [-0.2, -0.15) is 4.31 Å². The highest BCUT2D eigenvalue weighted by molar-refractivity contribution is 7.89. The summed E-state index contributed by atoms with van der Waals surface area (Å²) in [6.07, 6.45) is 0. The van der Waals surface area contributed by atoms with Gasteiger partial charge < -0.3 is 10.1 Å². The Bertz CT molecular complexity index is 1410. The molecule has 0 amide bonds. The van der Waals surface area contributed by atoms with Crippen LogP contribution in [0.1, 0.15) is 0 Å². The second-order valence-corrected chi connectivity index (χ2v) is 9.88. The van der Waals surface area contributed by atoms with Crippen molar-refractivity contribution in [2.75, 3.05) is 31.6 Å². The summed E-state index contributed by atoms with van der Waals surface area (Å²) in [6.45, 7) is 1.33. The van der Waals surface area contributed by atoms with Crippen LogP contribution in [0.25, 0.3) is 22.3 Å². The average molecular weight is 481 g/mol. The number of rotatable bonds is 5. The molecule has 1 aliphatic heterocycles. The first-order valence-electron chi connectivity index (χ1n) is 10.5. The number of hydrogen-bond acceptors (Lipinski definition) is 6. The second-order valence-electron chi connectivity index (χ2n) is 7.57. The molecule has 168 valence electrons. The number of benzene rings is 3. The number of nitrogens with one attached hydrogen (secondary N) is 1. The van der Waals surface area contributed by atoms with Gasteiger partial charge >= 0.3 is 0 Å². The number of sulfonamides is 1. The van der Waals surface area contributed by atoms with Crippen molar-refractivity contribution in [3.63, 3.8) is 0 Å². The van der Waals surface area contributed by atoms with Crippen molar-refractivity contribution in [1.29, 1.82) is 0 Å². The molecule has 4 aromatic rings. The van der Waals surface area contributed by atoms with Gasteiger partial charge in [-0.25, -0.2) is 18.4 Å². The molecule has 0 saturated carbocycles. The van der Waals surface area contributed by atoms with Crippen LogP contribution in [-0.2, 0) is 14.8 Å². The van der Waals surface area contributed by atoms with Gasteiger partial charge in [-0.15, -0.1) is 0 Å². The first-order valence-corrected chi connectivity index (χ1v) is 12.3. The number of ether oxygens (including phenoxy) is 1. The molecule has 1 saturated heterocycles. The Hall–Kier alpha value is -3.04. The summed E-state index contributed by atoms with van der Waals surface area (Å²) in [6, 6.07) is 22.2. The van der Waals surface area contributed by atoms with Gasteiger partial charge in [0.2, 0.25) is 10.0 Å². The minimum atomic E-state index is -3.75. The number of hydrogen-bond donors (Lipinski definition) is 1. The number of nitrogens with zero attached hydrogens (tertiary/aromatic N) is 3. The van der Waals surface area contributed by atoms with E-state index in [-0.39, 0.29) is 9.92 Å². The van der Waals surface area contributed by atoms with Crippen LogP contribution in [0, 0.1) is 0 Å². The fraction of sp³-hybridized carbons (Fsp3) is 0.167. The number of aromatic nitrogens is 2. The first-order chi connectivity index (χ1) is 16.0. The van der Waals surface area contributed by atoms with Gasteiger partial charge in [0.15, 0.2) is 5.82 Å². The summed E-state index contributed by atoms with van der Waals surface area (Å²) in [4.78, 5) is 9.49. The molecule has 0 unspecified atom stereocenters. The third-order valence-corrected chi connectivity index (χ3v) is 7.80. The summed E-state index contributed by atoms with van der Waals surface area (Å²) in [7, 11) is -3.75. The van der Waals surface area contributed by atoms with E-state index in [2.05, 4.69) is 5.32 Å². The summed E-state index contributed by atoms with van der Waals surface area (Å²) in [5.74, 6) is 1.16. The van der Waals surface area contributed by atoms with Crippen molar-refractivity contribution in [2.24, 2.45) is 0 Å². The molecular formula is C24H21ClN4O3S. The number of halogens is 1. The van der Waals surface area contributed by atoms with E-state index in [1.165, 1.54) is 4.31 Å². The van der Waals surface area contributed by atoms with Crippen LogP contribution >= 0.6 is 11.6 Å². The van der Waals surface area contributed by atoms with Gasteiger partial charge in [-0.3, -0.25) is 0 Å². The van der Waals surface area contributed by atoms with Gasteiger partial charge in [-0.05, 0) is 30.3 Å². The first kappa shape index (κ1) is 21.8. The standard InChI is InChI=1S/C24H21ClN4O3S/c25-20-11-10-18(16-22(20)33(30,31)29-12-14-32-15-13-29)26-24-19-8-4-5-9-21(19)27-23(28-24)17-6-2-1-3-7-17/h1-11,16H,12-15H2,(H,26,27,28). The number of para-hydroxylation sites is 1. The van der Waals surface area contributed by atoms with Gasteiger partial charge in [0.1, 0.15) is 10.7 Å². The third kappa shape index (κ3) is 4.43. The van der Waals surface area contributed by atoms with E-state index in [4.69, 9.17) is 26.3 Å². The van der Waals surface area contributed by atoms with Crippen LogP contribution in [0.4, 0.5) is 11.5 Å². The monoisotopic (exact) mass is 480 g/mol. The molecular weight excluding hydrogens is 460 g/mol. The molecule has 0 bridgehead atoms. The van der Waals surface area contributed by atoms with E-state index in [1.807, 2.05) is 54.6 Å². The van der Waals surface area contributed by atoms with E-state index in [0.29, 0.717) is 43.6 Å². The normalized spacial score (nSPS) is 14.9. The lowest BCUT2D eigenvalue weighted by Crippen LogP contribution is -2.40. The van der Waals surface area contributed by atoms with E-state index < -0.39 is 10.0 Å². The fourth-order valence-corrected chi connectivity index (χ4v) is 5.64. The zero-order valence-electron chi connectivity index (χ0n) is 17.6. The van der Waals surface area contributed by atoms with Crippen LogP contribution in [0.5, 0.6) is 0 Å². The molecule has 1 aliphatic rings. The third-order valence-electron chi connectivity index (χ3n) is 5.42. The molecule has 1 N–H and O–H groups in total. The van der Waals surface area contributed by atoms with E-state index in [9.17, 15) is 8.42 Å². The average Bonchev–Trinajstić information content (AvgIpc) is 2.86. The van der Waals surface area contributed by atoms with Crippen LogP contribution < -0.4 is 5.32 Å². The molecule has 0 radical (unpaired) electrons. The Morgan fingerprint density at radius 2 is 1.64 bits per heavy atom. The smallest absolute Gasteiger partial charge is 0.244 e. The van der Waals surface area contributed by atoms with Crippen molar-refractivity contribution >= 4 is 44.0 Å². The van der Waals surface area contributed by atoms with E-state index in [1.54, 1.807) is 18.2 Å². The summed E-state index contributed by atoms with van der Waals surface area (Å²) in [5, 5.41) is 4.28. The van der Waals surface area contributed by atoms with E-state index >= 15 is 0 Å². The molecule has 0 atom stereocenters. The van der Waals surface area contributed by atoms with Crippen molar-refractivity contribution in [3.8, 4) is 11.4 Å². The lowest BCUT2D eigenvalue weighted by molar-refractivity contribution is 0.0730. The van der Waals surface area contributed by atoms with Crippen molar-refractivity contribution in [2.45, 2.75) is 4.90 Å². The Kier molecular flexibility index (Phi) is 5.99. The highest BCUT2D eigenvalue weighted by Gasteiger charge is 2.28. The van der Waals surface area contributed by atoms with E-state index in [0.717, 1.165) is 16.5 Å². The van der Waals surface area contributed by atoms with Gasteiger partial charge in [0.05, 0.1) is 23.8 Å². The number of anilines is 2. The topological polar surface area (TPSA) is 84.4 Å². The quantitative estimate of drug-likeness (QED) is 0.445. The fourth-order valence-electron chi connectivity index (χ4n) is 3.73. The summed E-state index contributed by atoms with van der Waals surface area (Å²) < 4.78 is 33.1. The van der Waals surface area contributed by atoms with Crippen molar-refractivity contribution in [3.05, 3.63) is 77.8 Å². The molecule has 0 aliphatic carbocycles. The van der Waals surface area contributed by atoms with Crippen LogP contribution in [0.15, 0.2) is 77.7 Å². The highest BCUT2D eigenvalue weighted by Crippen LogP contribution is 2.32. The zero-order valence-corrected chi connectivity index (χ0v) is 19.2. The molecule has 33 heavy (non-hydrogen) atoms. The van der Waals surface area contributed by atoms with Gasteiger partial charge in [-0.1, -0.05) is 54.1 Å². The molecule has 0 spiro atoms. The maximum absolute atomic E-state index is 13.2. The molecule has 9 heteroatoms. The molecule has 3 aromatic carbocycles. The Morgan fingerprint density at radius 1 is 0.909 bits per heavy atom. The Balaban J connectivity index is 1.56. The van der Waals surface area contributed by atoms with Crippen LogP contribution in [-0.4, -0.2) is 49.0 Å². The predicted molar refractivity (Wildman–Crippen MR) is 129 cm³/mol. The molecule has 5 rings (SSSR count). The predicted octanol–water partition coefficient (Wildman–Crippen LogP) is 4.71. The highest BCUT2D eigenvalue weighted by atomic mass is 35.5. The second kappa shape index (κ2) is 9.07. The largest absolute Gasteiger partial charge is 0.379 e. The molecule has 2 heterocycles. The number of fused-ring (bicyclic) bond motifs is 1. The number of morpholine rings is 1. The minimum Gasteiger partial charge on any atom is -0.379 e. The lowest BCUT2D eigenvalue weighted by atomic mass is 10.2. The van der Waals surface area contributed by atoms with Crippen LogP contribution in [0.3, 0.4) is 0 Å². The lowest BCUT2D eigenvalue weighted by Gasteiger charge is -2.26. The van der Waals surface area contributed by atoms with Gasteiger partial charge in [0, 0.05) is 29.7 Å². The van der Waals surface area contributed by atoms with Gasteiger partial charge in [0.25, 0.3) is 0 Å². The summed E-state index contributed by atoms with van der Waals surface area (Å²) >= 11 is 6.31. The van der Waals surface area contributed by atoms with Crippen LogP contribution in [0.2, 0.25) is 5.02 Å². The minimum absolute atomic E-state index is 0.0534. The SMILES string of the molecule is O=S(=O)(c1cc(Nc2nc(-c3ccccc3)nc3ccccc23)ccc1Cl)N1CCOCC1. The maximum Gasteiger partial charge on any atom is 0.244 e. The summed E-state index contributed by atoms with van der Waals surface area (Å²) in [5.41, 5.74) is 2.23.